The number of allylic oxidation sites excluding steroid dienone is 2. The Morgan fingerprint density at radius 1 is 0.900 bits per heavy atom. The zero-order valence-corrected chi connectivity index (χ0v) is 19.2. The molecule has 2 aliphatic rings. The zero-order valence-electron chi connectivity index (χ0n) is 19.2. The summed E-state index contributed by atoms with van der Waals surface area (Å²) in [6.45, 7) is 14.6. The number of hydrogen-bond acceptors (Lipinski definition) is 2. The van der Waals surface area contributed by atoms with Crippen molar-refractivity contribution in [2.45, 2.75) is 66.0 Å². The van der Waals surface area contributed by atoms with E-state index < -0.39 is 0 Å². The molecule has 156 valence electrons. The van der Waals surface area contributed by atoms with Crippen LogP contribution in [0.15, 0.2) is 48.6 Å². The first-order valence-corrected chi connectivity index (χ1v) is 10.7. The minimum Gasteiger partial charge on any atom is -0.376 e. The van der Waals surface area contributed by atoms with E-state index in [1.807, 2.05) is 4.90 Å². The van der Waals surface area contributed by atoms with Crippen molar-refractivity contribution >= 4 is 28.4 Å². The fraction of sp³-hybridized carbons (Fsp3) is 0.370. The number of nitrogens with zero attached hydrogens (tertiary/aromatic N) is 1. The second kappa shape index (κ2) is 6.87. The summed E-state index contributed by atoms with van der Waals surface area (Å²) in [6.07, 6.45) is 5.36. The number of benzene rings is 2. The highest BCUT2D eigenvalue weighted by Crippen LogP contribution is 2.40. The molecule has 2 heterocycles. The van der Waals surface area contributed by atoms with Gasteiger partial charge in [0.15, 0.2) is 0 Å². The van der Waals surface area contributed by atoms with E-state index in [1.165, 1.54) is 33.5 Å². The van der Waals surface area contributed by atoms with E-state index >= 15 is 0 Å². The highest BCUT2D eigenvalue weighted by molar-refractivity contribution is 5.99. The molecule has 3 heteroatoms. The van der Waals surface area contributed by atoms with Gasteiger partial charge in [-0.2, -0.15) is 0 Å². The normalized spacial score (nSPS) is 18.6. The lowest BCUT2D eigenvalue weighted by Gasteiger charge is -2.41. The van der Waals surface area contributed by atoms with Crippen molar-refractivity contribution in [2.24, 2.45) is 0 Å². The average molecular weight is 401 g/mol. The Balaban J connectivity index is 1.68. The summed E-state index contributed by atoms with van der Waals surface area (Å²) in [7, 11) is 0. The van der Waals surface area contributed by atoms with Crippen molar-refractivity contribution in [1.29, 1.82) is 0 Å². The van der Waals surface area contributed by atoms with Crippen LogP contribution in [-0.4, -0.2) is 17.0 Å². The van der Waals surface area contributed by atoms with Gasteiger partial charge in [0.1, 0.15) is 0 Å². The van der Waals surface area contributed by atoms with E-state index in [2.05, 4.69) is 95.4 Å². The second-order valence-corrected chi connectivity index (χ2v) is 9.92. The largest absolute Gasteiger partial charge is 0.376 e. The maximum atomic E-state index is 12.4. The van der Waals surface area contributed by atoms with Gasteiger partial charge in [0, 0.05) is 23.7 Å². The minimum atomic E-state index is -0.312. The number of fused-ring (bicyclic) bond motifs is 2. The summed E-state index contributed by atoms with van der Waals surface area (Å²) < 4.78 is 0. The molecule has 1 N–H and O–H groups in total. The standard InChI is InChI=1S/C27H32N2O/c1-17-15-26(4,5)28-24-10-8-20(13-22(17)24)12-21-9-11-25-23(14-21)18(2)16-27(6,7)29(25)19(3)30/h8-11,13-16,28H,12H2,1-7H3. The molecular weight excluding hydrogens is 368 g/mol. The highest BCUT2D eigenvalue weighted by atomic mass is 16.2. The third-order valence-corrected chi connectivity index (χ3v) is 6.14. The molecule has 1 amide bonds. The summed E-state index contributed by atoms with van der Waals surface area (Å²) in [6, 6.07) is 13.2. The Morgan fingerprint density at radius 3 is 2.17 bits per heavy atom. The third-order valence-electron chi connectivity index (χ3n) is 6.14. The van der Waals surface area contributed by atoms with Crippen molar-refractivity contribution in [3.05, 3.63) is 70.8 Å². The van der Waals surface area contributed by atoms with Crippen LogP contribution in [-0.2, 0) is 11.2 Å². The van der Waals surface area contributed by atoms with Gasteiger partial charge in [0.2, 0.25) is 5.91 Å². The van der Waals surface area contributed by atoms with Crippen LogP contribution in [0.4, 0.5) is 11.4 Å². The Kier molecular flexibility index (Phi) is 4.68. The van der Waals surface area contributed by atoms with Crippen LogP contribution in [0.2, 0.25) is 0 Å². The number of carbonyl (C=O) groups excluding carboxylic acids is 1. The monoisotopic (exact) mass is 400 g/mol. The van der Waals surface area contributed by atoms with Crippen LogP contribution in [0.3, 0.4) is 0 Å². The Labute approximate surface area is 180 Å². The maximum absolute atomic E-state index is 12.4. The number of carbonyl (C=O) groups is 1. The molecule has 0 fully saturated rings. The van der Waals surface area contributed by atoms with Gasteiger partial charge in [-0.15, -0.1) is 0 Å². The lowest BCUT2D eigenvalue weighted by molar-refractivity contribution is -0.117. The topological polar surface area (TPSA) is 32.3 Å². The number of amides is 1. The number of anilines is 2. The lowest BCUT2D eigenvalue weighted by atomic mass is 9.86. The molecule has 30 heavy (non-hydrogen) atoms. The van der Waals surface area contributed by atoms with E-state index in [4.69, 9.17) is 0 Å². The van der Waals surface area contributed by atoms with Crippen molar-refractivity contribution in [2.75, 3.05) is 10.2 Å². The summed E-state index contributed by atoms with van der Waals surface area (Å²) in [5.74, 6) is 0.0742. The smallest absolute Gasteiger partial charge is 0.224 e. The van der Waals surface area contributed by atoms with Crippen LogP contribution in [0.1, 0.15) is 70.7 Å². The Hall–Kier alpha value is -2.81. The molecule has 0 radical (unpaired) electrons. The number of nitrogens with one attached hydrogen (secondary N) is 1. The van der Waals surface area contributed by atoms with Crippen LogP contribution >= 0.6 is 0 Å². The predicted octanol–water partition coefficient (Wildman–Crippen LogP) is 6.43. The molecule has 0 unspecified atom stereocenters. The first-order chi connectivity index (χ1) is 14.0. The molecule has 3 nitrogen and oxygen atoms in total. The van der Waals surface area contributed by atoms with Gasteiger partial charge in [-0.25, -0.2) is 0 Å². The quantitative estimate of drug-likeness (QED) is 0.630. The van der Waals surface area contributed by atoms with E-state index in [0.717, 1.165) is 17.7 Å². The predicted molar refractivity (Wildman–Crippen MR) is 128 cm³/mol. The van der Waals surface area contributed by atoms with Gasteiger partial charge < -0.3 is 10.2 Å². The molecule has 0 atom stereocenters. The van der Waals surface area contributed by atoms with E-state index in [9.17, 15) is 4.79 Å². The molecule has 2 aromatic carbocycles. The minimum absolute atomic E-state index is 0.0165. The molecule has 0 bridgehead atoms. The van der Waals surface area contributed by atoms with E-state index in [1.54, 1.807) is 6.92 Å². The summed E-state index contributed by atoms with van der Waals surface area (Å²) in [5.41, 5.74) is 9.41. The molecule has 2 aliphatic heterocycles. The highest BCUT2D eigenvalue weighted by Gasteiger charge is 2.34. The summed E-state index contributed by atoms with van der Waals surface area (Å²) in [4.78, 5) is 14.3. The third kappa shape index (κ3) is 3.58. The molecule has 0 saturated carbocycles. The average Bonchev–Trinajstić information content (AvgIpc) is 2.61. The summed E-state index contributed by atoms with van der Waals surface area (Å²) in [5, 5.41) is 3.61. The van der Waals surface area contributed by atoms with Crippen molar-refractivity contribution in [3.8, 4) is 0 Å². The maximum Gasteiger partial charge on any atom is 0.224 e. The summed E-state index contributed by atoms with van der Waals surface area (Å²) >= 11 is 0. The van der Waals surface area contributed by atoms with Crippen LogP contribution in [0, 0.1) is 0 Å². The second-order valence-electron chi connectivity index (χ2n) is 9.92. The van der Waals surface area contributed by atoms with E-state index in [0.29, 0.717) is 0 Å². The Bertz CT molecular complexity index is 1100. The number of rotatable bonds is 2. The van der Waals surface area contributed by atoms with Crippen LogP contribution in [0.5, 0.6) is 0 Å². The molecule has 0 spiro atoms. The van der Waals surface area contributed by atoms with Crippen LogP contribution < -0.4 is 10.2 Å². The van der Waals surface area contributed by atoms with Gasteiger partial charge in [-0.1, -0.05) is 24.3 Å². The molecular formula is C27H32N2O. The zero-order chi connectivity index (χ0) is 21.8. The number of hydrogen-bond donors (Lipinski definition) is 1. The van der Waals surface area contributed by atoms with Gasteiger partial charge >= 0.3 is 0 Å². The van der Waals surface area contributed by atoms with Gasteiger partial charge in [0.25, 0.3) is 0 Å². The van der Waals surface area contributed by atoms with Gasteiger partial charge in [-0.3, -0.25) is 4.79 Å². The van der Waals surface area contributed by atoms with E-state index in [-0.39, 0.29) is 17.0 Å². The fourth-order valence-electron chi connectivity index (χ4n) is 5.14. The molecule has 4 rings (SSSR count). The van der Waals surface area contributed by atoms with Crippen molar-refractivity contribution in [1.82, 2.24) is 0 Å². The van der Waals surface area contributed by atoms with Gasteiger partial charge in [0.05, 0.1) is 16.8 Å². The van der Waals surface area contributed by atoms with Crippen LogP contribution in [0.25, 0.3) is 11.1 Å². The lowest BCUT2D eigenvalue weighted by Crippen LogP contribution is -2.47. The molecule has 0 aromatic heterocycles. The fourth-order valence-corrected chi connectivity index (χ4v) is 5.14. The molecule has 0 aliphatic carbocycles. The van der Waals surface area contributed by atoms with Crippen molar-refractivity contribution in [3.63, 3.8) is 0 Å². The Morgan fingerprint density at radius 2 is 1.50 bits per heavy atom. The van der Waals surface area contributed by atoms with Crippen molar-refractivity contribution < 1.29 is 4.79 Å². The first kappa shape index (κ1) is 20.5. The van der Waals surface area contributed by atoms with Gasteiger partial charge in [-0.05, 0) is 94.5 Å². The first-order valence-electron chi connectivity index (χ1n) is 10.7. The molecule has 2 aromatic rings. The SMILES string of the molecule is CC(=O)N1c2ccc(Cc3ccc4c(c3)C(C)=CC(C)(C)N4)cc2C(C)=CC1(C)C. The molecule has 0 saturated heterocycles.